The predicted octanol–water partition coefficient (Wildman–Crippen LogP) is 1.87. The minimum atomic E-state index is -0.221. The van der Waals surface area contributed by atoms with Gasteiger partial charge in [0.05, 0.1) is 6.20 Å². The number of fused-ring (bicyclic) bond motifs is 1. The smallest absolute Gasteiger partial charge is 0.273 e. The molecule has 0 aromatic carbocycles. The van der Waals surface area contributed by atoms with Crippen LogP contribution in [0.5, 0.6) is 0 Å². The number of amides is 2. The normalized spacial score (nSPS) is 19.6. The molecular formula is C20H27N7O2. The van der Waals surface area contributed by atoms with Crippen LogP contribution in [-0.2, 0) is 4.79 Å². The molecule has 2 aromatic heterocycles. The van der Waals surface area contributed by atoms with Crippen molar-refractivity contribution in [3.63, 3.8) is 0 Å². The Hall–Kier alpha value is -2.97. The summed E-state index contributed by atoms with van der Waals surface area (Å²) >= 11 is 0. The predicted molar refractivity (Wildman–Crippen MR) is 109 cm³/mol. The summed E-state index contributed by atoms with van der Waals surface area (Å²) in [5.41, 5.74) is 1.05. The van der Waals surface area contributed by atoms with Crippen LogP contribution in [0.1, 0.15) is 49.5 Å². The van der Waals surface area contributed by atoms with Crippen LogP contribution in [0.3, 0.4) is 0 Å². The van der Waals surface area contributed by atoms with Crippen LogP contribution in [0.15, 0.2) is 18.5 Å². The molecule has 4 rings (SSSR count). The van der Waals surface area contributed by atoms with Crippen molar-refractivity contribution in [3.05, 3.63) is 24.2 Å². The van der Waals surface area contributed by atoms with Gasteiger partial charge in [0.15, 0.2) is 11.5 Å². The van der Waals surface area contributed by atoms with Crippen molar-refractivity contribution in [2.45, 2.75) is 51.1 Å². The number of rotatable bonds is 4. The first-order chi connectivity index (χ1) is 13.9. The first-order valence-corrected chi connectivity index (χ1v) is 10.1. The maximum atomic E-state index is 13.0. The molecule has 1 atom stereocenters. The molecule has 0 spiro atoms. The van der Waals surface area contributed by atoms with E-state index in [1.165, 1.54) is 22.4 Å². The second-order valence-electron chi connectivity index (χ2n) is 7.89. The van der Waals surface area contributed by atoms with Crippen molar-refractivity contribution in [2.75, 3.05) is 30.9 Å². The fraction of sp³-hybridized carbons (Fsp3) is 0.550. The summed E-state index contributed by atoms with van der Waals surface area (Å²) in [6, 6.07) is 1.74. The van der Waals surface area contributed by atoms with Gasteiger partial charge in [0.2, 0.25) is 5.91 Å². The van der Waals surface area contributed by atoms with Crippen molar-refractivity contribution in [2.24, 2.45) is 0 Å². The van der Waals surface area contributed by atoms with E-state index in [-0.39, 0.29) is 17.9 Å². The Bertz CT molecular complexity index is 933. The lowest BCUT2D eigenvalue weighted by molar-refractivity contribution is -0.120. The van der Waals surface area contributed by atoms with Crippen molar-refractivity contribution in [1.82, 2.24) is 24.6 Å². The van der Waals surface area contributed by atoms with Crippen LogP contribution in [0.4, 0.5) is 11.5 Å². The molecule has 9 heteroatoms. The highest BCUT2D eigenvalue weighted by atomic mass is 16.2. The monoisotopic (exact) mass is 397 g/mol. The van der Waals surface area contributed by atoms with Crippen molar-refractivity contribution >= 4 is 23.3 Å². The van der Waals surface area contributed by atoms with Gasteiger partial charge in [-0.1, -0.05) is 19.8 Å². The highest BCUT2D eigenvalue weighted by molar-refractivity contribution is 6.04. The number of anilines is 2. The summed E-state index contributed by atoms with van der Waals surface area (Å²) in [6.07, 6.45) is 8.56. The summed E-state index contributed by atoms with van der Waals surface area (Å²) in [5.74, 6) is 1.07. The zero-order valence-corrected chi connectivity index (χ0v) is 17.4. The minimum absolute atomic E-state index is 0.0844. The molecule has 1 aliphatic carbocycles. The standard InChI is InChI=1S/C20H27N7O2/c1-5-15-19(29)25(4)16-12-21-20(22-17(16)27(15)13-8-6-7-9-13)26-11-10-14(23-26)18(28)24(2)3/h10-13,15H,5-9H2,1-4H3/t15-/m1/s1. The Morgan fingerprint density at radius 1 is 1.28 bits per heavy atom. The molecule has 3 heterocycles. The maximum Gasteiger partial charge on any atom is 0.273 e. The molecule has 29 heavy (non-hydrogen) atoms. The fourth-order valence-corrected chi connectivity index (χ4v) is 4.26. The van der Waals surface area contributed by atoms with Gasteiger partial charge in [-0.25, -0.2) is 9.67 Å². The van der Waals surface area contributed by atoms with E-state index in [9.17, 15) is 9.59 Å². The van der Waals surface area contributed by atoms with Crippen LogP contribution in [-0.4, -0.2) is 69.7 Å². The first kappa shape index (κ1) is 19.4. The van der Waals surface area contributed by atoms with E-state index in [1.807, 2.05) is 6.92 Å². The lowest BCUT2D eigenvalue weighted by Crippen LogP contribution is -2.55. The largest absolute Gasteiger partial charge is 0.343 e. The van der Waals surface area contributed by atoms with Gasteiger partial charge in [-0.2, -0.15) is 10.1 Å². The number of hydrogen-bond donors (Lipinski definition) is 0. The summed E-state index contributed by atoms with van der Waals surface area (Å²) in [7, 11) is 5.16. The molecule has 0 bridgehead atoms. The molecule has 154 valence electrons. The Balaban J connectivity index is 1.77. The summed E-state index contributed by atoms with van der Waals surface area (Å²) in [4.78, 5) is 39.7. The van der Waals surface area contributed by atoms with Gasteiger partial charge in [0, 0.05) is 33.4 Å². The van der Waals surface area contributed by atoms with Gasteiger partial charge in [-0.15, -0.1) is 0 Å². The summed E-state index contributed by atoms with van der Waals surface area (Å²) < 4.78 is 1.52. The lowest BCUT2D eigenvalue weighted by Gasteiger charge is -2.43. The molecule has 1 saturated carbocycles. The number of likely N-dealkylation sites (N-methyl/N-ethyl adjacent to an activating group) is 1. The van der Waals surface area contributed by atoms with E-state index >= 15 is 0 Å². The zero-order valence-electron chi connectivity index (χ0n) is 17.4. The molecule has 1 aliphatic heterocycles. The third-order valence-electron chi connectivity index (χ3n) is 5.82. The van der Waals surface area contributed by atoms with Gasteiger partial charge >= 0.3 is 0 Å². The third kappa shape index (κ3) is 3.24. The molecule has 0 unspecified atom stereocenters. The van der Waals surface area contributed by atoms with E-state index < -0.39 is 0 Å². The van der Waals surface area contributed by atoms with Crippen LogP contribution in [0, 0.1) is 0 Å². The Morgan fingerprint density at radius 3 is 2.66 bits per heavy atom. The van der Waals surface area contributed by atoms with Gasteiger partial charge in [-0.05, 0) is 25.3 Å². The van der Waals surface area contributed by atoms with E-state index in [0.717, 1.165) is 25.1 Å². The highest BCUT2D eigenvalue weighted by Gasteiger charge is 2.41. The highest BCUT2D eigenvalue weighted by Crippen LogP contribution is 2.39. The summed E-state index contributed by atoms with van der Waals surface area (Å²) in [6.45, 7) is 2.04. The van der Waals surface area contributed by atoms with Crippen molar-refractivity contribution in [3.8, 4) is 5.95 Å². The number of hydrogen-bond acceptors (Lipinski definition) is 6. The number of aromatic nitrogens is 4. The number of nitrogens with zero attached hydrogens (tertiary/aromatic N) is 7. The maximum absolute atomic E-state index is 13.0. The third-order valence-corrected chi connectivity index (χ3v) is 5.82. The average molecular weight is 397 g/mol. The molecule has 0 saturated heterocycles. The van der Waals surface area contributed by atoms with E-state index in [1.54, 1.807) is 44.5 Å². The molecule has 2 aliphatic rings. The van der Waals surface area contributed by atoms with Gasteiger partial charge in [0.1, 0.15) is 11.7 Å². The van der Waals surface area contributed by atoms with Gasteiger partial charge in [0.25, 0.3) is 11.9 Å². The van der Waals surface area contributed by atoms with E-state index in [2.05, 4.69) is 15.0 Å². The Labute approximate surface area is 170 Å². The second-order valence-corrected chi connectivity index (χ2v) is 7.89. The molecule has 9 nitrogen and oxygen atoms in total. The van der Waals surface area contributed by atoms with Crippen molar-refractivity contribution < 1.29 is 9.59 Å². The van der Waals surface area contributed by atoms with Gasteiger partial charge < -0.3 is 14.7 Å². The zero-order chi connectivity index (χ0) is 20.7. The van der Waals surface area contributed by atoms with E-state index in [4.69, 9.17) is 4.98 Å². The SMILES string of the molecule is CC[C@@H]1C(=O)N(C)c2cnc(-n3ccc(C(=O)N(C)C)n3)nc2N1C1CCCC1. The molecule has 2 amide bonds. The Kier molecular flexibility index (Phi) is 4.97. The summed E-state index contributed by atoms with van der Waals surface area (Å²) in [5, 5.41) is 4.35. The molecular weight excluding hydrogens is 370 g/mol. The molecule has 2 aromatic rings. The minimum Gasteiger partial charge on any atom is -0.343 e. The molecule has 0 radical (unpaired) electrons. The van der Waals surface area contributed by atoms with Crippen LogP contribution in [0.2, 0.25) is 0 Å². The van der Waals surface area contributed by atoms with E-state index in [0.29, 0.717) is 23.4 Å². The number of carbonyl (C=O) groups excluding carboxylic acids is 2. The van der Waals surface area contributed by atoms with Crippen LogP contribution >= 0.6 is 0 Å². The lowest BCUT2D eigenvalue weighted by atomic mass is 10.0. The van der Waals surface area contributed by atoms with Crippen LogP contribution in [0.25, 0.3) is 5.95 Å². The van der Waals surface area contributed by atoms with Gasteiger partial charge in [-0.3, -0.25) is 9.59 Å². The Morgan fingerprint density at radius 2 is 2.00 bits per heavy atom. The first-order valence-electron chi connectivity index (χ1n) is 10.1. The molecule has 1 fully saturated rings. The number of carbonyl (C=O) groups is 2. The second kappa shape index (κ2) is 7.46. The van der Waals surface area contributed by atoms with Crippen LogP contribution < -0.4 is 9.80 Å². The molecule has 0 N–H and O–H groups in total. The fourth-order valence-electron chi connectivity index (χ4n) is 4.26. The quantitative estimate of drug-likeness (QED) is 0.783. The van der Waals surface area contributed by atoms with Crippen molar-refractivity contribution in [1.29, 1.82) is 0 Å². The average Bonchev–Trinajstić information content (AvgIpc) is 3.41. The topological polar surface area (TPSA) is 87.5 Å².